The van der Waals surface area contributed by atoms with Crippen LogP contribution in [0.5, 0.6) is 0 Å². The minimum absolute atomic E-state index is 0.0687. The van der Waals surface area contributed by atoms with E-state index >= 15 is 0 Å². The number of para-hydroxylation sites is 1. The van der Waals surface area contributed by atoms with Crippen molar-refractivity contribution in [2.24, 2.45) is 5.92 Å². The van der Waals surface area contributed by atoms with Crippen LogP contribution in [0.25, 0.3) is 10.9 Å². The molecule has 2 heterocycles. The largest absolute Gasteiger partial charge is 0.467 e. The molecule has 0 atom stereocenters. The molecular formula is C19H20N2O2. The molecule has 0 spiro atoms. The Morgan fingerprint density at radius 3 is 2.70 bits per heavy atom. The molecule has 0 fully saturated rings. The Hall–Kier alpha value is -2.62. The molecule has 23 heavy (non-hydrogen) atoms. The number of amides is 1. The number of furan rings is 1. The second-order valence-corrected chi connectivity index (χ2v) is 6.05. The normalized spacial score (nSPS) is 11.1. The van der Waals surface area contributed by atoms with Crippen molar-refractivity contribution in [2.75, 3.05) is 6.54 Å². The zero-order valence-corrected chi connectivity index (χ0v) is 13.4. The molecule has 118 valence electrons. The maximum atomic E-state index is 12.9. The van der Waals surface area contributed by atoms with E-state index in [0.717, 1.165) is 16.7 Å². The molecule has 3 aromatic rings. The van der Waals surface area contributed by atoms with E-state index in [1.807, 2.05) is 42.5 Å². The van der Waals surface area contributed by atoms with Crippen molar-refractivity contribution in [1.29, 1.82) is 0 Å². The number of pyridine rings is 1. The second kappa shape index (κ2) is 6.65. The number of nitrogens with zero attached hydrogens (tertiary/aromatic N) is 2. The molecule has 0 N–H and O–H groups in total. The van der Waals surface area contributed by atoms with Gasteiger partial charge < -0.3 is 9.32 Å². The van der Waals surface area contributed by atoms with E-state index in [0.29, 0.717) is 24.7 Å². The monoisotopic (exact) mass is 308 g/mol. The van der Waals surface area contributed by atoms with Crippen molar-refractivity contribution in [3.8, 4) is 0 Å². The van der Waals surface area contributed by atoms with E-state index in [9.17, 15) is 4.79 Å². The van der Waals surface area contributed by atoms with Gasteiger partial charge in [-0.15, -0.1) is 0 Å². The maximum absolute atomic E-state index is 12.9. The fourth-order valence-corrected chi connectivity index (χ4v) is 2.60. The number of rotatable bonds is 5. The van der Waals surface area contributed by atoms with Gasteiger partial charge in [0.25, 0.3) is 5.91 Å². The summed E-state index contributed by atoms with van der Waals surface area (Å²) in [5, 5.41) is 1.03. The van der Waals surface area contributed by atoms with Crippen LogP contribution < -0.4 is 0 Å². The first kappa shape index (κ1) is 15.3. The van der Waals surface area contributed by atoms with Crippen molar-refractivity contribution >= 4 is 16.8 Å². The molecule has 0 radical (unpaired) electrons. The van der Waals surface area contributed by atoms with Crippen molar-refractivity contribution in [3.05, 3.63) is 66.2 Å². The summed E-state index contributed by atoms with van der Waals surface area (Å²) in [4.78, 5) is 19.2. The highest BCUT2D eigenvalue weighted by Gasteiger charge is 2.19. The summed E-state index contributed by atoms with van der Waals surface area (Å²) in [6.07, 6.45) is 1.63. The third kappa shape index (κ3) is 3.59. The lowest BCUT2D eigenvalue weighted by Gasteiger charge is -2.23. The standard InChI is InChI=1S/C19H20N2O2/c1-14(2)12-21(13-16-7-5-11-23-16)19(22)18-10-9-15-6-3-4-8-17(15)20-18/h3-11,14H,12-13H2,1-2H3. The third-order valence-electron chi connectivity index (χ3n) is 3.62. The van der Waals surface area contributed by atoms with Crippen LogP contribution in [-0.2, 0) is 6.54 Å². The van der Waals surface area contributed by atoms with Gasteiger partial charge in [-0.1, -0.05) is 38.1 Å². The summed E-state index contributed by atoms with van der Waals surface area (Å²) >= 11 is 0. The molecule has 0 bridgehead atoms. The zero-order chi connectivity index (χ0) is 16.2. The fraction of sp³-hybridized carbons (Fsp3) is 0.263. The number of hydrogen-bond acceptors (Lipinski definition) is 3. The number of carbonyl (C=O) groups excluding carboxylic acids is 1. The van der Waals surface area contributed by atoms with E-state index in [2.05, 4.69) is 18.8 Å². The van der Waals surface area contributed by atoms with Gasteiger partial charge >= 0.3 is 0 Å². The summed E-state index contributed by atoms with van der Waals surface area (Å²) in [6, 6.07) is 15.3. The van der Waals surface area contributed by atoms with Crippen LogP contribution in [0.4, 0.5) is 0 Å². The Bertz CT molecular complexity index is 794. The first-order valence-corrected chi connectivity index (χ1v) is 7.81. The van der Waals surface area contributed by atoms with Crippen LogP contribution in [0.15, 0.2) is 59.2 Å². The van der Waals surface area contributed by atoms with E-state index in [1.165, 1.54) is 0 Å². The predicted molar refractivity (Wildman–Crippen MR) is 90.0 cm³/mol. The minimum atomic E-state index is -0.0687. The van der Waals surface area contributed by atoms with Crippen molar-refractivity contribution < 1.29 is 9.21 Å². The first-order valence-electron chi connectivity index (χ1n) is 7.81. The van der Waals surface area contributed by atoms with Crippen LogP contribution in [0, 0.1) is 5.92 Å². The average Bonchev–Trinajstić information content (AvgIpc) is 3.06. The fourth-order valence-electron chi connectivity index (χ4n) is 2.60. The van der Waals surface area contributed by atoms with Crippen molar-refractivity contribution in [2.45, 2.75) is 20.4 Å². The highest BCUT2D eigenvalue weighted by molar-refractivity contribution is 5.94. The third-order valence-corrected chi connectivity index (χ3v) is 3.62. The quantitative estimate of drug-likeness (QED) is 0.712. The number of aromatic nitrogens is 1. The number of carbonyl (C=O) groups is 1. The van der Waals surface area contributed by atoms with Gasteiger partial charge in [0, 0.05) is 11.9 Å². The van der Waals surface area contributed by atoms with Crippen molar-refractivity contribution in [1.82, 2.24) is 9.88 Å². The smallest absolute Gasteiger partial charge is 0.272 e. The molecule has 0 unspecified atom stereocenters. The number of fused-ring (bicyclic) bond motifs is 1. The van der Waals surface area contributed by atoms with Crippen LogP contribution in [0.2, 0.25) is 0 Å². The average molecular weight is 308 g/mol. The molecule has 0 saturated heterocycles. The lowest BCUT2D eigenvalue weighted by Crippen LogP contribution is -2.34. The van der Waals surface area contributed by atoms with Gasteiger partial charge in [0.1, 0.15) is 11.5 Å². The molecule has 0 saturated carbocycles. The Morgan fingerprint density at radius 2 is 1.96 bits per heavy atom. The Labute approximate surface area is 135 Å². The molecule has 0 aliphatic rings. The van der Waals surface area contributed by atoms with Crippen LogP contribution in [0.3, 0.4) is 0 Å². The molecule has 0 aliphatic heterocycles. The summed E-state index contributed by atoms with van der Waals surface area (Å²) in [7, 11) is 0. The molecule has 4 heteroatoms. The SMILES string of the molecule is CC(C)CN(Cc1ccco1)C(=O)c1ccc2ccccc2n1. The van der Waals surface area contributed by atoms with Crippen LogP contribution in [0.1, 0.15) is 30.1 Å². The van der Waals surface area contributed by atoms with Crippen molar-refractivity contribution in [3.63, 3.8) is 0 Å². The van der Waals surface area contributed by atoms with Gasteiger partial charge in [0.15, 0.2) is 0 Å². The van der Waals surface area contributed by atoms with Gasteiger partial charge in [0.05, 0.1) is 18.3 Å². The minimum Gasteiger partial charge on any atom is -0.467 e. The first-order chi connectivity index (χ1) is 11.1. The van der Waals surface area contributed by atoms with E-state index in [1.54, 1.807) is 17.2 Å². The lowest BCUT2D eigenvalue weighted by atomic mass is 10.1. The Morgan fingerprint density at radius 1 is 1.13 bits per heavy atom. The molecule has 2 aromatic heterocycles. The van der Waals surface area contributed by atoms with Gasteiger partial charge in [0.2, 0.25) is 0 Å². The summed E-state index contributed by atoms with van der Waals surface area (Å²) < 4.78 is 5.39. The van der Waals surface area contributed by atoms with Gasteiger partial charge in [-0.05, 0) is 30.2 Å². The van der Waals surface area contributed by atoms with E-state index < -0.39 is 0 Å². The van der Waals surface area contributed by atoms with Gasteiger partial charge in [-0.3, -0.25) is 4.79 Å². The number of benzene rings is 1. The molecule has 4 nitrogen and oxygen atoms in total. The summed E-state index contributed by atoms with van der Waals surface area (Å²) in [5.74, 6) is 1.08. The predicted octanol–water partition coefficient (Wildman–Crippen LogP) is 4.13. The van der Waals surface area contributed by atoms with Crippen LogP contribution in [-0.4, -0.2) is 22.3 Å². The van der Waals surface area contributed by atoms with Gasteiger partial charge in [-0.25, -0.2) is 4.98 Å². The highest BCUT2D eigenvalue weighted by atomic mass is 16.3. The van der Waals surface area contributed by atoms with E-state index in [-0.39, 0.29) is 5.91 Å². The highest BCUT2D eigenvalue weighted by Crippen LogP contribution is 2.15. The summed E-state index contributed by atoms with van der Waals surface area (Å²) in [5.41, 5.74) is 1.30. The molecule has 1 amide bonds. The lowest BCUT2D eigenvalue weighted by molar-refractivity contribution is 0.0704. The molecule has 3 rings (SSSR count). The van der Waals surface area contributed by atoms with Gasteiger partial charge in [-0.2, -0.15) is 0 Å². The topological polar surface area (TPSA) is 46.3 Å². The maximum Gasteiger partial charge on any atom is 0.272 e. The zero-order valence-electron chi connectivity index (χ0n) is 13.4. The second-order valence-electron chi connectivity index (χ2n) is 6.05. The van der Waals surface area contributed by atoms with Crippen LogP contribution >= 0.6 is 0 Å². The molecule has 0 aliphatic carbocycles. The Kier molecular flexibility index (Phi) is 4.42. The number of hydrogen-bond donors (Lipinski definition) is 0. The Balaban J connectivity index is 1.88. The summed E-state index contributed by atoms with van der Waals surface area (Å²) in [6.45, 7) is 5.30. The molecular weight excluding hydrogens is 288 g/mol. The molecule has 1 aromatic carbocycles. The van der Waals surface area contributed by atoms with E-state index in [4.69, 9.17) is 4.42 Å².